The molecule has 0 N–H and O–H groups in total. The summed E-state index contributed by atoms with van der Waals surface area (Å²) in [6, 6.07) is 3.92. The van der Waals surface area contributed by atoms with Gasteiger partial charge in [0.25, 0.3) is 5.91 Å². The molecule has 142 valence electrons. The molecule has 3 rings (SSSR count). The number of carbonyl (C=O) groups excluding carboxylic acids is 2. The number of piperidine rings is 2. The number of hydrogen-bond acceptors (Lipinski definition) is 4. The first-order valence-electron chi connectivity index (χ1n) is 9.60. The van der Waals surface area contributed by atoms with E-state index in [1.165, 1.54) is 0 Å². The second-order valence-corrected chi connectivity index (χ2v) is 7.53. The summed E-state index contributed by atoms with van der Waals surface area (Å²) in [6.07, 6.45) is 6.64. The summed E-state index contributed by atoms with van der Waals surface area (Å²) >= 11 is 0. The van der Waals surface area contributed by atoms with Crippen LogP contribution in [0.25, 0.3) is 0 Å². The van der Waals surface area contributed by atoms with Crippen LogP contribution >= 0.6 is 0 Å². The Hall–Kier alpha value is -1.95. The van der Waals surface area contributed by atoms with Crippen molar-refractivity contribution in [1.82, 2.24) is 14.8 Å². The van der Waals surface area contributed by atoms with E-state index in [1.807, 2.05) is 42.0 Å². The number of rotatable bonds is 5. The average molecular weight is 359 g/mol. The number of hydrogen-bond donors (Lipinski definition) is 0. The lowest BCUT2D eigenvalue weighted by molar-refractivity contribution is -0.148. The fourth-order valence-corrected chi connectivity index (χ4v) is 4.15. The Balaban J connectivity index is 1.59. The highest BCUT2D eigenvalue weighted by Crippen LogP contribution is 2.40. The first-order valence-corrected chi connectivity index (χ1v) is 9.60. The number of aromatic nitrogens is 1. The van der Waals surface area contributed by atoms with Crippen molar-refractivity contribution in [3.8, 4) is 0 Å². The van der Waals surface area contributed by atoms with Crippen LogP contribution in [0.2, 0.25) is 0 Å². The highest BCUT2D eigenvalue weighted by Gasteiger charge is 2.42. The molecule has 0 saturated carbocycles. The van der Waals surface area contributed by atoms with Gasteiger partial charge in [0.1, 0.15) is 6.10 Å². The van der Waals surface area contributed by atoms with Crippen molar-refractivity contribution in [2.24, 2.45) is 5.41 Å². The number of carbonyl (C=O) groups is 2. The van der Waals surface area contributed by atoms with Gasteiger partial charge in [0.15, 0.2) is 0 Å². The van der Waals surface area contributed by atoms with Gasteiger partial charge in [0.2, 0.25) is 5.91 Å². The molecule has 2 fully saturated rings. The van der Waals surface area contributed by atoms with Gasteiger partial charge in [0.05, 0.1) is 0 Å². The van der Waals surface area contributed by atoms with Gasteiger partial charge in [-0.15, -0.1) is 0 Å². The number of nitrogens with zero attached hydrogens (tertiary/aromatic N) is 3. The molecule has 26 heavy (non-hydrogen) atoms. The summed E-state index contributed by atoms with van der Waals surface area (Å²) in [5.74, 6) is 0.309. The van der Waals surface area contributed by atoms with Gasteiger partial charge < -0.3 is 14.5 Å². The molecule has 0 aliphatic carbocycles. The predicted molar refractivity (Wildman–Crippen MR) is 98.2 cm³/mol. The van der Waals surface area contributed by atoms with Crippen LogP contribution in [-0.2, 0) is 20.9 Å². The van der Waals surface area contributed by atoms with E-state index in [4.69, 9.17) is 4.74 Å². The number of pyridine rings is 1. The second-order valence-electron chi connectivity index (χ2n) is 7.53. The predicted octanol–water partition coefficient (Wildman–Crippen LogP) is 2.24. The molecule has 2 aliphatic rings. The lowest BCUT2D eigenvalue weighted by atomic mass is 9.72. The van der Waals surface area contributed by atoms with Crippen molar-refractivity contribution >= 4 is 11.8 Å². The highest BCUT2D eigenvalue weighted by atomic mass is 16.5. The number of likely N-dealkylation sites (tertiary alicyclic amines) is 2. The molecule has 6 nitrogen and oxygen atoms in total. The Bertz CT molecular complexity index is 626. The molecule has 0 radical (unpaired) electrons. The van der Waals surface area contributed by atoms with Crippen molar-refractivity contribution < 1.29 is 14.3 Å². The zero-order valence-electron chi connectivity index (χ0n) is 15.8. The maximum absolute atomic E-state index is 12.4. The third-order valence-corrected chi connectivity index (χ3v) is 5.74. The van der Waals surface area contributed by atoms with E-state index in [2.05, 4.69) is 4.98 Å². The maximum atomic E-state index is 12.4. The normalized spacial score (nSPS) is 21.1. The first-order chi connectivity index (χ1) is 12.5. The lowest BCUT2D eigenvalue weighted by Gasteiger charge is -2.47. The van der Waals surface area contributed by atoms with E-state index in [-0.39, 0.29) is 23.3 Å². The van der Waals surface area contributed by atoms with Crippen LogP contribution in [0.5, 0.6) is 0 Å². The first kappa shape index (κ1) is 18.8. The molecule has 3 heterocycles. The van der Waals surface area contributed by atoms with Crippen LogP contribution in [0, 0.1) is 5.41 Å². The third kappa shape index (κ3) is 4.23. The van der Waals surface area contributed by atoms with Crippen molar-refractivity contribution in [3.63, 3.8) is 0 Å². The summed E-state index contributed by atoms with van der Waals surface area (Å²) < 4.78 is 5.44. The Morgan fingerprint density at radius 2 is 2.12 bits per heavy atom. The molecule has 0 bridgehead atoms. The van der Waals surface area contributed by atoms with Crippen molar-refractivity contribution in [3.05, 3.63) is 30.1 Å². The summed E-state index contributed by atoms with van der Waals surface area (Å²) in [7, 11) is 0. The molecular weight excluding hydrogens is 330 g/mol. The minimum Gasteiger partial charge on any atom is -0.369 e. The van der Waals surface area contributed by atoms with E-state index in [9.17, 15) is 9.59 Å². The van der Waals surface area contributed by atoms with Crippen molar-refractivity contribution in [2.45, 2.75) is 52.2 Å². The SMILES string of the molecule is CCO[C@H](C)C(=O)N1CCC2(CCC(=O)N(Cc3cccnc3)C2)CC1. The Labute approximate surface area is 155 Å². The summed E-state index contributed by atoms with van der Waals surface area (Å²) in [5.41, 5.74) is 1.21. The van der Waals surface area contributed by atoms with Crippen molar-refractivity contribution in [1.29, 1.82) is 0 Å². The van der Waals surface area contributed by atoms with Crippen molar-refractivity contribution in [2.75, 3.05) is 26.2 Å². The standard InChI is InChI=1S/C20H29N3O3/c1-3-26-16(2)19(25)22-11-8-20(9-12-22)7-6-18(24)23(15-20)14-17-5-4-10-21-13-17/h4-5,10,13,16H,3,6-9,11-12,14-15H2,1-2H3/t16-/m1/s1. The molecule has 1 atom stereocenters. The van der Waals surface area contributed by atoms with Gasteiger partial charge in [-0.1, -0.05) is 6.07 Å². The average Bonchev–Trinajstić information content (AvgIpc) is 2.66. The zero-order chi connectivity index (χ0) is 18.6. The molecule has 1 spiro atoms. The fraction of sp³-hybridized carbons (Fsp3) is 0.650. The van der Waals surface area contributed by atoms with E-state index in [0.29, 0.717) is 19.6 Å². The van der Waals surface area contributed by atoms with Gasteiger partial charge in [-0.2, -0.15) is 0 Å². The Kier molecular flexibility index (Phi) is 5.91. The van der Waals surface area contributed by atoms with Gasteiger partial charge in [-0.25, -0.2) is 0 Å². The summed E-state index contributed by atoms with van der Waals surface area (Å²) in [4.78, 5) is 32.9. The topological polar surface area (TPSA) is 62.7 Å². The quantitative estimate of drug-likeness (QED) is 0.809. The van der Waals surface area contributed by atoms with Gasteiger partial charge in [0, 0.05) is 51.6 Å². The monoisotopic (exact) mass is 359 g/mol. The molecule has 1 aromatic rings. The van der Waals surface area contributed by atoms with Crippen LogP contribution in [0.4, 0.5) is 0 Å². The minimum absolute atomic E-state index is 0.0841. The summed E-state index contributed by atoms with van der Waals surface area (Å²) in [5, 5.41) is 0. The largest absolute Gasteiger partial charge is 0.369 e. The zero-order valence-corrected chi connectivity index (χ0v) is 15.8. The van der Waals surface area contributed by atoms with Crippen LogP contribution < -0.4 is 0 Å². The molecule has 1 aromatic heterocycles. The maximum Gasteiger partial charge on any atom is 0.251 e. The minimum atomic E-state index is -0.371. The summed E-state index contributed by atoms with van der Waals surface area (Å²) in [6.45, 7) is 7.20. The van der Waals surface area contributed by atoms with E-state index in [0.717, 1.165) is 44.5 Å². The molecule has 0 aromatic carbocycles. The molecule has 6 heteroatoms. The molecule has 0 unspecified atom stereocenters. The molecule has 2 saturated heterocycles. The molecular formula is C20H29N3O3. The van der Waals surface area contributed by atoms with E-state index >= 15 is 0 Å². The number of ether oxygens (including phenoxy) is 1. The van der Waals surface area contributed by atoms with E-state index in [1.54, 1.807) is 6.20 Å². The third-order valence-electron chi connectivity index (χ3n) is 5.74. The smallest absolute Gasteiger partial charge is 0.251 e. The van der Waals surface area contributed by atoms with Crippen LogP contribution in [0.15, 0.2) is 24.5 Å². The van der Waals surface area contributed by atoms with Crippen LogP contribution in [0.3, 0.4) is 0 Å². The van der Waals surface area contributed by atoms with Crippen LogP contribution in [0.1, 0.15) is 45.1 Å². The van der Waals surface area contributed by atoms with Gasteiger partial charge in [-0.3, -0.25) is 14.6 Å². The fourth-order valence-electron chi connectivity index (χ4n) is 4.15. The van der Waals surface area contributed by atoms with Gasteiger partial charge in [-0.05, 0) is 50.2 Å². The number of amides is 2. The lowest BCUT2D eigenvalue weighted by Crippen LogP contribution is -2.53. The Morgan fingerprint density at radius 1 is 1.35 bits per heavy atom. The molecule has 2 aliphatic heterocycles. The van der Waals surface area contributed by atoms with Gasteiger partial charge >= 0.3 is 0 Å². The van der Waals surface area contributed by atoms with Crippen LogP contribution in [-0.4, -0.2) is 58.9 Å². The highest BCUT2D eigenvalue weighted by molar-refractivity contribution is 5.80. The Morgan fingerprint density at radius 3 is 2.77 bits per heavy atom. The second kappa shape index (κ2) is 8.16. The molecule has 2 amide bonds. The van der Waals surface area contributed by atoms with E-state index < -0.39 is 0 Å².